The predicted molar refractivity (Wildman–Crippen MR) is 431 cm³/mol. The van der Waals surface area contributed by atoms with E-state index >= 15 is 0 Å². The van der Waals surface area contributed by atoms with E-state index in [0.717, 1.165) is 44.4 Å². The molecule has 98 heavy (non-hydrogen) atoms. The molecule has 1 unspecified atom stereocenters. The van der Waals surface area contributed by atoms with Crippen LogP contribution in [-0.4, -0.2) is 61.4 Å². The van der Waals surface area contributed by atoms with Gasteiger partial charge in [0.1, 0.15) is 18.3 Å². The van der Waals surface area contributed by atoms with E-state index in [2.05, 4.69) is 20.8 Å². The van der Waals surface area contributed by atoms with Crippen molar-refractivity contribution < 1.29 is 47.7 Å². The molecule has 0 aromatic rings. The summed E-state index contributed by atoms with van der Waals surface area (Å²) in [6, 6.07) is 0. The second kappa shape index (κ2) is 57.7. The number of esters is 5. The van der Waals surface area contributed by atoms with Crippen molar-refractivity contribution in [2.24, 2.45) is 68.5 Å². The van der Waals surface area contributed by atoms with Gasteiger partial charge in [-0.15, -0.1) is 0 Å². The lowest BCUT2D eigenvalue weighted by molar-refractivity contribution is -0.168. The van der Waals surface area contributed by atoms with E-state index in [9.17, 15) is 24.0 Å². The average Bonchev–Trinajstić information content (AvgIpc) is 1.39. The third-order valence-electron chi connectivity index (χ3n) is 23.1. The first-order valence-corrected chi connectivity index (χ1v) is 37.7. The lowest BCUT2D eigenvalue weighted by Gasteiger charge is -2.38. The van der Waals surface area contributed by atoms with Gasteiger partial charge in [0.25, 0.3) is 0 Å². The fourth-order valence-electron chi connectivity index (χ4n) is 13.9. The SMILES string of the molecule is C.C.C.C.C.C.C.C.C.C.CCC(C)(C)C(=O)OC(C)C1CCCCC1.CCC(C)(C)C(=O)OC(C1CCCC1)C1CCCC1.CCC(C)(C)C(=O)OC(C1CCCCC1)C1CCCCC1.CCC(C)(C)C(=O)OCC1CCCCCC1.CCC(C)(C)C(=O)OCCC1CCCCC1. The molecule has 10 nitrogen and oxygen atoms in total. The third-order valence-corrected chi connectivity index (χ3v) is 23.1. The highest BCUT2D eigenvalue weighted by Crippen LogP contribution is 2.42. The summed E-state index contributed by atoms with van der Waals surface area (Å²) in [5.41, 5.74) is -1.61. The van der Waals surface area contributed by atoms with Gasteiger partial charge >= 0.3 is 29.8 Å². The number of carbonyl (C=O) groups is 5. The van der Waals surface area contributed by atoms with Crippen molar-refractivity contribution in [3.63, 3.8) is 0 Å². The van der Waals surface area contributed by atoms with Gasteiger partial charge in [0.15, 0.2) is 0 Å². The summed E-state index contributed by atoms with van der Waals surface area (Å²) in [6.45, 7) is 33.4. The van der Waals surface area contributed by atoms with Crippen LogP contribution in [0, 0.1) is 68.5 Å². The summed E-state index contributed by atoms with van der Waals surface area (Å²) < 4.78 is 28.6. The molecule has 0 aliphatic heterocycles. The highest BCUT2D eigenvalue weighted by atomic mass is 16.6. The monoisotopic (exact) mass is 1400 g/mol. The minimum atomic E-state index is -0.332. The first kappa shape index (κ1) is 111. The summed E-state index contributed by atoms with van der Waals surface area (Å²) in [6.07, 6.45) is 50.2. The topological polar surface area (TPSA) is 132 Å². The highest BCUT2D eigenvalue weighted by molar-refractivity contribution is 5.77. The van der Waals surface area contributed by atoms with Gasteiger partial charge in [0.05, 0.1) is 40.3 Å². The molecule has 1 atom stereocenters. The largest absolute Gasteiger partial charge is 0.465 e. The number of ether oxygens (including phenoxy) is 5. The van der Waals surface area contributed by atoms with Gasteiger partial charge < -0.3 is 23.7 Å². The minimum Gasteiger partial charge on any atom is -0.465 e. The Kier molecular flexibility index (Phi) is 65.5. The molecule has 10 heteroatoms. The number of hydrogen-bond donors (Lipinski definition) is 0. The van der Waals surface area contributed by atoms with Gasteiger partial charge in [0.2, 0.25) is 0 Å². The Labute approximate surface area is 616 Å². The third kappa shape index (κ3) is 40.4. The summed E-state index contributed by atoms with van der Waals surface area (Å²) >= 11 is 0. The van der Waals surface area contributed by atoms with Gasteiger partial charge in [-0.1, -0.05) is 250 Å². The molecule has 594 valence electrons. The van der Waals surface area contributed by atoms with Crippen molar-refractivity contribution in [1.29, 1.82) is 0 Å². The van der Waals surface area contributed by atoms with Crippen molar-refractivity contribution in [1.82, 2.24) is 0 Å². The molecule has 0 aromatic heterocycles. The fourth-order valence-corrected chi connectivity index (χ4v) is 13.9. The normalized spacial score (nSPS) is 18.6. The van der Waals surface area contributed by atoms with E-state index in [4.69, 9.17) is 23.7 Å². The van der Waals surface area contributed by atoms with Crippen LogP contribution in [0.5, 0.6) is 0 Å². The molecule has 7 aliphatic rings. The molecule has 0 radical (unpaired) electrons. The average molecular weight is 1400 g/mol. The molecule has 7 aliphatic carbocycles. The molecule has 0 N–H and O–H groups in total. The van der Waals surface area contributed by atoms with Gasteiger partial charge in [-0.25, -0.2) is 0 Å². The van der Waals surface area contributed by atoms with Crippen LogP contribution < -0.4 is 0 Å². The van der Waals surface area contributed by atoms with Crippen LogP contribution in [0.1, 0.15) is 442 Å². The minimum absolute atomic E-state index is 0. The van der Waals surface area contributed by atoms with E-state index in [-0.39, 0.29) is 149 Å². The van der Waals surface area contributed by atoms with Crippen LogP contribution in [0.3, 0.4) is 0 Å². The van der Waals surface area contributed by atoms with Crippen molar-refractivity contribution in [2.75, 3.05) is 13.2 Å². The van der Waals surface area contributed by atoms with Gasteiger partial charge in [-0.3, -0.25) is 24.0 Å². The van der Waals surface area contributed by atoms with Gasteiger partial charge in [-0.05, 0) is 233 Å². The van der Waals surface area contributed by atoms with Crippen LogP contribution in [-0.2, 0) is 47.7 Å². The smallest absolute Gasteiger partial charge is 0.311 e. The Hall–Kier alpha value is -2.65. The Morgan fingerprint density at radius 2 is 0.500 bits per heavy atom. The van der Waals surface area contributed by atoms with Gasteiger partial charge in [0, 0.05) is 0 Å². The van der Waals surface area contributed by atoms with Crippen molar-refractivity contribution in [2.45, 2.75) is 460 Å². The number of rotatable bonds is 23. The zero-order chi connectivity index (χ0) is 65.4. The lowest BCUT2D eigenvalue weighted by Crippen LogP contribution is -2.39. The van der Waals surface area contributed by atoms with E-state index in [1.165, 1.54) is 218 Å². The van der Waals surface area contributed by atoms with E-state index < -0.39 is 0 Å². The summed E-state index contributed by atoms with van der Waals surface area (Å²) in [4.78, 5) is 60.4. The Morgan fingerprint density at radius 1 is 0.286 bits per heavy atom. The molecule has 7 fully saturated rings. The number of hydrogen-bond acceptors (Lipinski definition) is 10. The van der Waals surface area contributed by atoms with Gasteiger partial charge in [-0.2, -0.15) is 0 Å². The quantitative estimate of drug-likeness (QED) is 0.0553. The maximum atomic E-state index is 12.6. The van der Waals surface area contributed by atoms with E-state index in [1.807, 2.05) is 90.0 Å². The predicted octanol–water partition coefficient (Wildman–Crippen LogP) is 28.4. The molecule has 0 heterocycles. The molecule has 0 amide bonds. The maximum absolute atomic E-state index is 12.6. The summed E-state index contributed by atoms with van der Waals surface area (Å²) in [7, 11) is 0. The lowest BCUT2D eigenvalue weighted by atomic mass is 9.75. The summed E-state index contributed by atoms with van der Waals surface area (Å²) in [5.74, 6) is 4.48. The second-order valence-electron chi connectivity index (χ2n) is 32.2. The zero-order valence-electron chi connectivity index (χ0n) is 60.6. The molecular weight excluding hydrogens is 1220 g/mol. The first-order valence-electron chi connectivity index (χ1n) is 37.7. The highest BCUT2D eigenvalue weighted by Gasteiger charge is 2.41. The van der Waals surface area contributed by atoms with E-state index in [1.54, 1.807) is 0 Å². The van der Waals surface area contributed by atoms with Crippen LogP contribution in [0.25, 0.3) is 0 Å². The maximum Gasteiger partial charge on any atom is 0.311 e. The van der Waals surface area contributed by atoms with Crippen molar-refractivity contribution in [3.05, 3.63) is 0 Å². The Morgan fingerprint density at radius 3 is 0.786 bits per heavy atom. The molecule has 0 aromatic carbocycles. The summed E-state index contributed by atoms with van der Waals surface area (Å²) in [5, 5.41) is 0. The Balaban J connectivity index is -0.000000169. The zero-order valence-corrected chi connectivity index (χ0v) is 60.6. The molecule has 0 saturated heterocycles. The van der Waals surface area contributed by atoms with Crippen LogP contribution in [0.15, 0.2) is 0 Å². The molecule has 7 rings (SSSR count). The van der Waals surface area contributed by atoms with Crippen LogP contribution in [0.2, 0.25) is 0 Å². The molecule has 0 bridgehead atoms. The molecule has 7 saturated carbocycles. The van der Waals surface area contributed by atoms with E-state index in [0.29, 0.717) is 48.7 Å². The van der Waals surface area contributed by atoms with Crippen LogP contribution in [0.4, 0.5) is 0 Å². The standard InChI is InChI=1S/C19H34O2.C17H30O2.3C14H26O2.10CH4/c1-4-19(2,3)18(20)21-17(15-11-7-5-8-12-15)16-13-9-6-10-14-16;1-4-17(2,3)16(18)19-15(13-9-5-6-10-13)14-11-7-8-12-14;1-5-14(3,4)13(15)16-11(2)12-9-7-6-8-10-12;1-4-14(2,3)13(15)16-11-10-12-8-6-5-7-9-12;1-4-14(2,3)13(15)16-11-12-9-7-5-6-8-10-12;;;;;;;;;;/h15-17H,4-14H2,1-3H3;13-15H,4-12H2,1-3H3;11-12H,5-10H2,1-4H3;2*12H,4-11H2,1-3H3;10*1H4. The fraction of sp³-hybridized carbons (Fsp3) is 0.943. The molecule has 0 spiro atoms. The molecular formula is C88H182O10. The first-order chi connectivity index (χ1) is 41.7. The van der Waals surface area contributed by atoms with Crippen LogP contribution >= 0.6 is 0 Å². The number of carbonyl (C=O) groups excluding carboxylic acids is 5. The van der Waals surface area contributed by atoms with Crippen molar-refractivity contribution in [3.8, 4) is 0 Å². The van der Waals surface area contributed by atoms with Crippen molar-refractivity contribution >= 4 is 29.8 Å². The Bertz CT molecular complexity index is 1870. The second-order valence-corrected chi connectivity index (χ2v) is 32.2.